The molecule has 0 unspecified atom stereocenters. The SMILES string of the molecule is CC(=O)NCCNc1nc(NCc2ccc(F)c(Cl)c2)ncc1[N+](=O)[O-]. The number of hydrogen-bond acceptors (Lipinski definition) is 7. The molecule has 26 heavy (non-hydrogen) atoms. The zero-order valence-corrected chi connectivity index (χ0v) is 14.5. The third kappa shape index (κ3) is 5.52. The van der Waals surface area contributed by atoms with E-state index < -0.39 is 10.7 Å². The van der Waals surface area contributed by atoms with Crippen molar-refractivity contribution < 1.29 is 14.1 Å². The zero-order valence-electron chi connectivity index (χ0n) is 13.8. The molecule has 138 valence electrons. The van der Waals surface area contributed by atoms with Crippen molar-refractivity contribution in [2.24, 2.45) is 0 Å². The molecule has 3 N–H and O–H groups in total. The minimum atomic E-state index is -0.607. The second-order valence-corrected chi connectivity index (χ2v) is 5.60. The lowest BCUT2D eigenvalue weighted by Crippen LogP contribution is -2.26. The highest BCUT2D eigenvalue weighted by Gasteiger charge is 2.17. The largest absolute Gasteiger partial charge is 0.362 e. The number of nitrogens with zero attached hydrogens (tertiary/aromatic N) is 3. The molecular weight excluding hydrogens is 367 g/mol. The van der Waals surface area contributed by atoms with Gasteiger partial charge in [-0.2, -0.15) is 4.98 Å². The van der Waals surface area contributed by atoms with Crippen LogP contribution in [0.15, 0.2) is 24.4 Å². The zero-order chi connectivity index (χ0) is 19.1. The molecule has 0 atom stereocenters. The number of amides is 1. The molecule has 0 bridgehead atoms. The van der Waals surface area contributed by atoms with Crippen molar-refractivity contribution in [3.05, 3.63) is 50.9 Å². The van der Waals surface area contributed by atoms with Crippen molar-refractivity contribution in [3.63, 3.8) is 0 Å². The normalized spacial score (nSPS) is 10.3. The molecule has 0 saturated carbocycles. The molecule has 0 aliphatic rings. The highest BCUT2D eigenvalue weighted by Crippen LogP contribution is 2.22. The Morgan fingerprint density at radius 2 is 2.12 bits per heavy atom. The first-order valence-electron chi connectivity index (χ1n) is 7.54. The number of carbonyl (C=O) groups excluding carboxylic acids is 1. The van der Waals surface area contributed by atoms with Gasteiger partial charge in [-0.3, -0.25) is 14.9 Å². The van der Waals surface area contributed by atoms with Gasteiger partial charge in [0.25, 0.3) is 0 Å². The van der Waals surface area contributed by atoms with Crippen LogP contribution in [0.25, 0.3) is 0 Å². The summed E-state index contributed by atoms with van der Waals surface area (Å²) in [6, 6.07) is 4.25. The van der Waals surface area contributed by atoms with Gasteiger partial charge in [0.1, 0.15) is 12.0 Å². The number of carbonyl (C=O) groups is 1. The summed E-state index contributed by atoms with van der Waals surface area (Å²) in [5.41, 5.74) is 0.404. The summed E-state index contributed by atoms with van der Waals surface area (Å²) in [6.07, 6.45) is 1.08. The number of aromatic nitrogens is 2. The van der Waals surface area contributed by atoms with E-state index in [2.05, 4.69) is 25.9 Å². The number of hydrogen-bond donors (Lipinski definition) is 3. The van der Waals surface area contributed by atoms with Crippen LogP contribution in [0.3, 0.4) is 0 Å². The van der Waals surface area contributed by atoms with E-state index in [1.807, 2.05) is 0 Å². The van der Waals surface area contributed by atoms with Crippen molar-refractivity contribution in [2.75, 3.05) is 23.7 Å². The molecule has 11 heteroatoms. The molecule has 9 nitrogen and oxygen atoms in total. The number of nitrogens with one attached hydrogen (secondary N) is 3. The monoisotopic (exact) mass is 382 g/mol. The molecule has 1 heterocycles. The Balaban J connectivity index is 2.06. The number of nitro groups is 1. The van der Waals surface area contributed by atoms with Crippen LogP contribution in [-0.4, -0.2) is 33.9 Å². The molecule has 2 aromatic rings. The van der Waals surface area contributed by atoms with Crippen LogP contribution in [0, 0.1) is 15.9 Å². The van der Waals surface area contributed by atoms with Gasteiger partial charge in [0.15, 0.2) is 0 Å². The van der Waals surface area contributed by atoms with Gasteiger partial charge in [0.05, 0.1) is 9.95 Å². The average molecular weight is 383 g/mol. The fraction of sp³-hybridized carbons (Fsp3) is 0.267. The van der Waals surface area contributed by atoms with E-state index in [4.69, 9.17) is 11.6 Å². The molecule has 0 aliphatic heterocycles. The lowest BCUT2D eigenvalue weighted by atomic mass is 10.2. The molecule has 1 aromatic heterocycles. The van der Waals surface area contributed by atoms with Crippen LogP contribution < -0.4 is 16.0 Å². The first kappa shape index (κ1) is 19.3. The summed E-state index contributed by atoms with van der Waals surface area (Å²) in [5, 5.41) is 19.3. The Bertz CT molecular complexity index is 820. The Hall–Kier alpha value is -3.01. The third-order valence-corrected chi connectivity index (χ3v) is 3.48. The van der Waals surface area contributed by atoms with Gasteiger partial charge in [-0.05, 0) is 17.7 Å². The number of benzene rings is 1. The van der Waals surface area contributed by atoms with E-state index in [9.17, 15) is 19.3 Å². The average Bonchev–Trinajstić information content (AvgIpc) is 2.59. The second kappa shape index (κ2) is 8.90. The smallest absolute Gasteiger partial charge is 0.329 e. The highest BCUT2D eigenvalue weighted by molar-refractivity contribution is 6.30. The van der Waals surface area contributed by atoms with E-state index in [1.165, 1.54) is 19.1 Å². The maximum Gasteiger partial charge on any atom is 0.329 e. The summed E-state index contributed by atoms with van der Waals surface area (Å²) in [5.74, 6) is -0.551. The molecule has 2 rings (SSSR count). The maximum atomic E-state index is 13.2. The maximum absolute atomic E-state index is 13.2. The van der Waals surface area contributed by atoms with Crippen LogP contribution in [-0.2, 0) is 11.3 Å². The van der Waals surface area contributed by atoms with Crippen LogP contribution in [0.1, 0.15) is 12.5 Å². The number of anilines is 2. The van der Waals surface area contributed by atoms with Gasteiger partial charge >= 0.3 is 5.69 Å². The minimum absolute atomic E-state index is 0.00533. The predicted octanol–water partition coefficient (Wildman–Crippen LogP) is 2.34. The summed E-state index contributed by atoms with van der Waals surface area (Å²) >= 11 is 5.72. The van der Waals surface area contributed by atoms with Crippen molar-refractivity contribution in [1.29, 1.82) is 0 Å². The van der Waals surface area contributed by atoms with Crippen LogP contribution in [0.5, 0.6) is 0 Å². The standard InChI is InChI=1S/C15H16ClFN6O3/c1-9(24)18-4-5-19-14-13(23(25)26)8-21-15(22-14)20-7-10-2-3-12(17)11(16)6-10/h2-3,6,8H,4-5,7H2,1H3,(H,18,24)(H2,19,20,21,22). The van der Waals surface area contributed by atoms with E-state index in [0.29, 0.717) is 5.56 Å². The van der Waals surface area contributed by atoms with Gasteiger partial charge in [0.2, 0.25) is 17.7 Å². The van der Waals surface area contributed by atoms with Crippen molar-refractivity contribution >= 4 is 35.0 Å². The summed E-state index contributed by atoms with van der Waals surface area (Å²) in [4.78, 5) is 29.3. The Morgan fingerprint density at radius 3 is 2.77 bits per heavy atom. The summed E-state index contributed by atoms with van der Waals surface area (Å²) in [6.45, 7) is 2.16. The lowest BCUT2D eigenvalue weighted by molar-refractivity contribution is -0.384. The van der Waals surface area contributed by atoms with Crippen molar-refractivity contribution in [2.45, 2.75) is 13.5 Å². The summed E-state index contributed by atoms with van der Waals surface area (Å²) in [7, 11) is 0. The molecule has 1 aromatic carbocycles. The minimum Gasteiger partial charge on any atom is -0.362 e. The molecule has 0 fully saturated rings. The molecule has 0 aliphatic carbocycles. The Labute approximate surface area is 153 Å². The topological polar surface area (TPSA) is 122 Å². The quantitative estimate of drug-likeness (QED) is 0.364. The fourth-order valence-electron chi connectivity index (χ4n) is 1.97. The third-order valence-electron chi connectivity index (χ3n) is 3.19. The van der Waals surface area contributed by atoms with E-state index in [-0.39, 0.29) is 48.0 Å². The number of rotatable bonds is 8. The van der Waals surface area contributed by atoms with Gasteiger partial charge in [0, 0.05) is 26.6 Å². The predicted molar refractivity (Wildman–Crippen MR) is 94.6 cm³/mol. The number of halogens is 2. The van der Waals surface area contributed by atoms with Crippen LogP contribution in [0.4, 0.5) is 21.8 Å². The van der Waals surface area contributed by atoms with Crippen molar-refractivity contribution in [3.8, 4) is 0 Å². The molecular formula is C15H16ClFN6O3. The fourth-order valence-corrected chi connectivity index (χ4v) is 2.18. The van der Waals surface area contributed by atoms with E-state index >= 15 is 0 Å². The van der Waals surface area contributed by atoms with Crippen LogP contribution >= 0.6 is 11.6 Å². The molecule has 1 amide bonds. The second-order valence-electron chi connectivity index (χ2n) is 5.20. The Morgan fingerprint density at radius 1 is 1.35 bits per heavy atom. The van der Waals surface area contributed by atoms with Gasteiger partial charge in [-0.1, -0.05) is 17.7 Å². The summed E-state index contributed by atoms with van der Waals surface area (Å²) < 4.78 is 13.2. The first-order chi connectivity index (χ1) is 12.4. The van der Waals surface area contributed by atoms with Gasteiger partial charge in [-0.15, -0.1) is 0 Å². The lowest BCUT2D eigenvalue weighted by Gasteiger charge is -2.09. The van der Waals surface area contributed by atoms with Gasteiger partial charge in [-0.25, -0.2) is 9.37 Å². The molecule has 0 saturated heterocycles. The first-order valence-corrected chi connectivity index (χ1v) is 7.92. The molecule has 0 radical (unpaired) electrons. The Kier molecular flexibility index (Phi) is 6.61. The van der Waals surface area contributed by atoms with Crippen LogP contribution in [0.2, 0.25) is 5.02 Å². The van der Waals surface area contributed by atoms with Crippen molar-refractivity contribution in [1.82, 2.24) is 15.3 Å². The molecule has 0 spiro atoms. The van der Waals surface area contributed by atoms with E-state index in [1.54, 1.807) is 6.07 Å². The highest BCUT2D eigenvalue weighted by atomic mass is 35.5. The van der Waals surface area contributed by atoms with E-state index in [0.717, 1.165) is 6.20 Å². The van der Waals surface area contributed by atoms with Gasteiger partial charge < -0.3 is 16.0 Å².